The lowest BCUT2D eigenvalue weighted by molar-refractivity contribution is -0.00341. The number of sulfone groups is 1. The summed E-state index contributed by atoms with van der Waals surface area (Å²) in [5, 5.41) is 1.28. The molecule has 0 N–H and O–H groups in total. The molecule has 0 saturated heterocycles. The van der Waals surface area contributed by atoms with Crippen molar-refractivity contribution in [3.05, 3.63) is 11.5 Å². The van der Waals surface area contributed by atoms with Crippen LogP contribution in [0.1, 0.15) is 32.6 Å². The van der Waals surface area contributed by atoms with Crippen LogP contribution < -0.4 is 0 Å². The van der Waals surface area contributed by atoms with Crippen molar-refractivity contribution in [1.29, 1.82) is 0 Å². The molecule has 1 atom stereocenters. The zero-order chi connectivity index (χ0) is 10.9. The monoisotopic (exact) mass is 230 g/mol. The van der Waals surface area contributed by atoms with Gasteiger partial charge >= 0.3 is 0 Å². The van der Waals surface area contributed by atoms with Crippen molar-refractivity contribution in [2.24, 2.45) is 5.92 Å². The number of hydrogen-bond acceptors (Lipinski definition) is 3. The predicted octanol–water partition coefficient (Wildman–Crippen LogP) is 1.89. The molecule has 0 aromatic carbocycles. The predicted molar refractivity (Wildman–Crippen MR) is 59.2 cm³/mol. The third kappa shape index (κ3) is 3.05. The largest absolute Gasteiger partial charge is 0.370 e. The third-order valence-corrected chi connectivity index (χ3v) is 4.59. The zero-order valence-electron chi connectivity index (χ0n) is 9.06. The first-order valence-corrected chi connectivity index (χ1v) is 7.33. The molecule has 2 aliphatic rings. The third-order valence-electron chi connectivity index (χ3n) is 3.23. The van der Waals surface area contributed by atoms with E-state index < -0.39 is 9.84 Å². The van der Waals surface area contributed by atoms with Gasteiger partial charge in [0.25, 0.3) is 0 Å². The average Bonchev–Trinajstić information content (AvgIpc) is 2.50. The summed E-state index contributed by atoms with van der Waals surface area (Å²) in [4.78, 5) is 0. The van der Waals surface area contributed by atoms with Gasteiger partial charge in [0.05, 0.1) is 18.0 Å². The van der Waals surface area contributed by atoms with Gasteiger partial charge < -0.3 is 4.74 Å². The molecule has 0 amide bonds. The average molecular weight is 230 g/mol. The van der Waals surface area contributed by atoms with Gasteiger partial charge in [0.2, 0.25) is 0 Å². The lowest BCUT2D eigenvalue weighted by Gasteiger charge is -2.27. The van der Waals surface area contributed by atoms with Crippen LogP contribution >= 0.6 is 0 Å². The fourth-order valence-corrected chi connectivity index (χ4v) is 3.42. The van der Waals surface area contributed by atoms with Gasteiger partial charge in [0.1, 0.15) is 0 Å². The molecule has 86 valence electrons. The second-order valence-electron chi connectivity index (χ2n) is 4.71. The molecule has 15 heavy (non-hydrogen) atoms. The van der Waals surface area contributed by atoms with Crippen LogP contribution in [0.3, 0.4) is 0 Å². The summed E-state index contributed by atoms with van der Waals surface area (Å²) in [7, 11) is -2.96. The maximum atomic E-state index is 11.2. The van der Waals surface area contributed by atoms with E-state index in [9.17, 15) is 8.42 Å². The van der Waals surface area contributed by atoms with Crippen LogP contribution in [0.4, 0.5) is 0 Å². The molecule has 3 nitrogen and oxygen atoms in total. The van der Waals surface area contributed by atoms with Crippen molar-refractivity contribution < 1.29 is 13.2 Å². The van der Waals surface area contributed by atoms with Crippen molar-refractivity contribution in [2.75, 3.05) is 5.75 Å². The number of ether oxygens (including phenoxy) is 1. The normalized spacial score (nSPS) is 39.4. The SMILES string of the molecule is CC1CCC(OC2C=CS(=O)(=O)C2)CC1. The molecule has 1 saturated carbocycles. The summed E-state index contributed by atoms with van der Waals surface area (Å²) in [5.74, 6) is 0.937. The van der Waals surface area contributed by atoms with Gasteiger partial charge in [-0.2, -0.15) is 0 Å². The second-order valence-corrected chi connectivity index (χ2v) is 6.65. The van der Waals surface area contributed by atoms with E-state index in [1.165, 1.54) is 18.2 Å². The molecule has 1 aliphatic carbocycles. The second kappa shape index (κ2) is 4.26. The Morgan fingerprint density at radius 2 is 1.87 bits per heavy atom. The van der Waals surface area contributed by atoms with E-state index in [4.69, 9.17) is 4.74 Å². The Labute approximate surface area is 91.4 Å². The summed E-state index contributed by atoms with van der Waals surface area (Å²) < 4.78 is 28.1. The molecule has 0 spiro atoms. The van der Waals surface area contributed by atoms with Gasteiger partial charge in [-0.15, -0.1) is 0 Å². The van der Waals surface area contributed by atoms with E-state index in [0.29, 0.717) is 0 Å². The van der Waals surface area contributed by atoms with Gasteiger partial charge in [-0.3, -0.25) is 0 Å². The van der Waals surface area contributed by atoms with Gasteiger partial charge in [-0.25, -0.2) is 8.42 Å². The minimum Gasteiger partial charge on any atom is -0.370 e. The number of rotatable bonds is 2. The summed E-state index contributed by atoms with van der Waals surface area (Å²) in [6.07, 6.45) is 6.30. The maximum absolute atomic E-state index is 11.2. The van der Waals surface area contributed by atoms with Crippen molar-refractivity contribution in [2.45, 2.75) is 44.8 Å². The van der Waals surface area contributed by atoms with E-state index >= 15 is 0 Å². The molecule has 0 aromatic heterocycles. The van der Waals surface area contributed by atoms with Crippen molar-refractivity contribution in [3.8, 4) is 0 Å². The summed E-state index contributed by atoms with van der Waals surface area (Å²) in [5.41, 5.74) is 0. The van der Waals surface area contributed by atoms with E-state index in [0.717, 1.165) is 18.8 Å². The highest BCUT2D eigenvalue weighted by Crippen LogP contribution is 2.27. The van der Waals surface area contributed by atoms with Gasteiger partial charge in [-0.1, -0.05) is 6.92 Å². The Balaban J connectivity index is 1.82. The molecule has 1 heterocycles. The van der Waals surface area contributed by atoms with Gasteiger partial charge in [-0.05, 0) is 37.7 Å². The van der Waals surface area contributed by atoms with Crippen molar-refractivity contribution >= 4 is 9.84 Å². The minimum atomic E-state index is -2.96. The highest BCUT2D eigenvalue weighted by molar-refractivity contribution is 7.94. The van der Waals surface area contributed by atoms with Crippen molar-refractivity contribution in [1.82, 2.24) is 0 Å². The smallest absolute Gasteiger partial charge is 0.174 e. The quantitative estimate of drug-likeness (QED) is 0.727. The lowest BCUT2D eigenvalue weighted by atomic mass is 9.89. The minimum absolute atomic E-state index is 0.138. The Morgan fingerprint density at radius 1 is 1.20 bits per heavy atom. The first-order valence-electron chi connectivity index (χ1n) is 5.61. The molecule has 1 aliphatic heterocycles. The molecular formula is C11H18O3S. The molecule has 0 aromatic rings. The van der Waals surface area contributed by atoms with E-state index in [1.807, 2.05) is 0 Å². The summed E-state index contributed by atoms with van der Waals surface area (Å²) >= 11 is 0. The Kier molecular flexibility index (Phi) is 3.16. The Bertz CT molecular complexity index is 337. The molecular weight excluding hydrogens is 212 g/mol. The van der Waals surface area contributed by atoms with Crippen LogP contribution in [0.5, 0.6) is 0 Å². The van der Waals surface area contributed by atoms with Gasteiger partial charge in [0, 0.05) is 5.41 Å². The Morgan fingerprint density at radius 3 is 2.40 bits per heavy atom. The molecule has 1 unspecified atom stereocenters. The maximum Gasteiger partial charge on any atom is 0.174 e. The van der Waals surface area contributed by atoms with Crippen molar-refractivity contribution in [3.63, 3.8) is 0 Å². The lowest BCUT2D eigenvalue weighted by Crippen LogP contribution is -2.27. The molecule has 0 radical (unpaired) electrons. The standard InChI is InChI=1S/C11H18O3S/c1-9-2-4-10(5-3-9)14-11-6-7-15(12,13)8-11/h6-7,9-11H,2-5,8H2,1H3. The molecule has 1 fully saturated rings. The highest BCUT2D eigenvalue weighted by atomic mass is 32.2. The summed E-state index contributed by atoms with van der Waals surface area (Å²) in [6.45, 7) is 2.26. The van der Waals surface area contributed by atoms with E-state index in [2.05, 4.69) is 6.92 Å². The fourth-order valence-electron chi connectivity index (χ4n) is 2.24. The van der Waals surface area contributed by atoms with Crippen LogP contribution in [-0.4, -0.2) is 26.4 Å². The van der Waals surface area contributed by atoms with Crippen LogP contribution in [0.15, 0.2) is 11.5 Å². The highest BCUT2D eigenvalue weighted by Gasteiger charge is 2.27. The first-order chi connectivity index (χ1) is 7.05. The van der Waals surface area contributed by atoms with Crippen LogP contribution in [0.2, 0.25) is 0 Å². The molecule has 4 heteroatoms. The summed E-state index contributed by atoms with van der Waals surface area (Å²) in [6, 6.07) is 0. The molecule has 0 bridgehead atoms. The number of hydrogen-bond donors (Lipinski definition) is 0. The zero-order valence-corrected chi connectivity index (χ0v) is 9.87. The van der Waals surface area contributed by atoms with Crippen LogP contribution in [-0.2, 0) is 14.6 Å². The topological polar surface area (TPSA) is 43.4 Å². The Hall–Kier alpha value is -0.350. The van der Waals surface area contributed by atoms with E-state index in [1.54, 1.807) is 6.08 Å². The van der Waals surface area contributed by atoms with Gasteiger partial charge in [0.15, 0.2) is 9.84 Å². The van der Waals surface area contributed by atoms with E-state index in [-0.39, 0.29) is 18.0 Å². The first kappa shape index (κ1) is 11.1. The van der Waals surface area contributed by atoms with Crippen LogP contribution in [0, 0.1) is 5.92 Å². The molecule has 2 rings (SSSR count). The van der Waals surface area contributed by atoms with Crippen LogP contribution in [0.25, 0.3) is 0 Å². The fraction of sp³-hybridized carbons (Fsp3) is 0.818.